The van der Waals surface area contributed by atoms with Gasteiger partial charge in [0.05, 0.1) is 0 Å². The standard InChI is InChI=1S/C11H18N2O/c1-5-9-6-7-13(4)10(9)11(14)12-8(2)3/h1,8-10H,6-7H2,2-4H3,(H,12,14)/t9-,10-/m0/s1. The molecule has 1 amide bonds. The maximum Gasteiger partial charge on any atom is 0.238 e. The predicted molar refractivity (Wildman–Crippen MR) is 56.6 cm³/mol. The van der Waals surface area contributed by atoms with Crippen molar-refractivity contribution in [1.82, 2.24) is 10.2 Å². The summed E-state index contributed by atoms with van der Waals surface area (Å²) >= 11 is 0. The monoisotopic (exact) mass is 194 g/mol. The number of terminal acetylenes is 1. The minimum atomic E-state index is -0.137. The van der Waals surface area contributed by atoms with Crippen molar-refractivity contribution < 1.29 is 4.79 Å². The van der Waals surface area contributed by atoms with E-state index in [0.717, 1.165) is 13.0 Å². The molecule has 0 aromatic rings. The third kappa shape index (κ3) is 2.27. The van der Waals surface area contributed by atoms with E-state index in [9.17, 15) is 4.79 Å². The molecule has 1 aliphatic heterocycles. The fourth-order valence-electron chi connectivity index (χ4n) is 1.87. The summed E-state index contributed by atoms with van der Waals surface area (Å²) < 4.78 is 0. The molecule has 0 saturated carbocycles. The Bertz CT molecular complexity index is 255. The molecule has 0 spiro atoms. The highest BCUT2D eigenvalue weighted by molar-refractivity contribution is 5.83. The summed E-state index contributed by atoms with van der Waals surface area (Å²) in [7, 11) is 1.95. The van der Waals surface area contributed by atoms with Gasteiger partial charge in [-0.3, -0.25) is 9.69 Å². The van der Waals surface area contributed by atoms with Gasteiger partial charge < -0.3 is 5.32 Å². The van der Waals surface area contributed by atoms with Crippen LogP contribution in [0.2, 0.25) is 0 Å². The minimum absolute atomic E-state index is 0.0583. The van der Waals surface area contributed by atoms with Crippen molar-refractivity contribution in [3.05, 3.63) is 0 Å². The van der Waals surface area contributed by atoms with Gasteiger partial charge in [0.2, 0.25) is 5.91 Å². The van der Waals surface area contributed by atoms with Gasteiger partial charge in [0, 0.05) is 12.0 Å². The largest absolute Gasteiger partial charge is 0.353 e. The molecule has 1 fully saturated rings. The van der Waals surface area contributed by atoms with Gasteiger partial charge in [-0.15, -0.1) is 12.3 Å². The number of carbonyl (C=O) groups is 1. The molecule has 3 nitrogen and oxygen atoms in total. The third-order valence-electron chi connectivity index (χ3n) is 2.56. The van der Waals surface area contributed by atoms with Crippen LogP contribution in [0, 0.1) is 18.3 Å². The van der Waals surface area contributed by atoms with Gasteiger partial charge in [0.1, 0.15) is 6.04 Å². The van der Waals surface area contributed by atoms with E-state index in [1.165, 1.54) is 0 Å². The first kappa shape index (κ1) is 11.1. The lowest BCUT2D eigenvalue weighted by molar-refractivity contribution is -0.126. The molecule has 1 rings (SSSR count). The van der Waals surface area contributed by atoms with Gasteiger partial charge in [-0.1, -0.05) is 0 Å². The first-order chi connectivity index (χ1) is 6.56. The van der Waals surface area contributed by atoms with Crippen molar-refractivity contribution in [3.63, 3.8) is 0 Å². The highest BCUT2D eigenvalue weighted by Crippen LogP contribution is 2.22. The molecular formula is C11H18N2O. The van der Waals surface area contributed by atoms with Crippen molar-refractivity contribution in [1.29, 1.82) is 0 Å². The van der Waals surface area contributed by atoms with E-state index in [1.54, 1.807) is 0 Å². The Morgan fingerprint density at radius 3 is 2.79 bits per heavy atom. The van der Waals surface area contributed by atoms with Gasteiger partial charge in [0.15, 0.2) is 0 Å². The summed E-state index contributed by atoms with van der Waals surface area (Å²) in [4.78, 5) is 13.8. The summed E-state index contributed by atoms with van der Waals surface area (Å²) in [6, 6.07) is 0.0392. The van der Waals surface area contributed by atoms with Crippen molar-refractivity contribution in [2.75, 3.05) is 13.6 Å². The zero-order chi connectivity index (χ0) is 10.7. The predicted octanol–water partition coefficient (Wildman–Crippen LogP) is 0.464. The van der Waals surface area contributed by atoms with Crippen molar-refractivity contribution in [3.8, 4) is 12.3 Å². The van der Waals surface area contributed by atoms with Gasteiger partial charge in [-0.2, -0.15) is 0 Å². The molecule has 0 aromatic heterocycles. The number of amides is 1. The highest BCUT2D eigenvalue weighted by Gasteiger charge is 2.36. The van der Waals surface area contributed by atoms with E-state index in [2.05, 4.69) is 11.2 Å². The van der Waals surface area contributed by atoms with Gasteiger partial charge in [0.25, 0.3) is 0 Å². The van der Waals surface area contributed by atoms with Crippen LogP contribution in [0.1, 0.15) is 20.3 Å². The van der Waals surface area contributed by atoms with Crippen LogP contribution in [0.4, 0.5) is 0 Å². The van der Waals surface area contributed by atoms with E-state index in [1.807, 2.05) is 25.8 Å². The lowest BCUT2D eigenvalue weighted by Gasteiger charge is -2.22. The molecule has 1 aliphatic rings. The average Bonchev–Trinajstić information content (AvgIpc) is 2.45. The maximum absolute atomic E-state index is 11.8. The van der Waals surface area contributed by atoms with E-state index in [-0.39, 0.29) is 23.9 Å². The Morgan fingerprint density at radius 2 is 2.29 bits per heavy atom. The molecule has 0 aliphatic carbocycles. The number of hydrogen-bond donors (Lipinski definition) is 1. The molecule has 0 aromatic carbocycles. The molecule has 2 atom stereocenters. The van der Waals surface area contributed by atoms with Crippen LogP contribution in [0.25, 0.3) is 0 Å². The molecule has 1 N–H and O–H groups in total. The van der Waals surface area contributed by atoms with E-state index in [4.69, 9.17) is 6.42 Å². The van der Waals surface area contributed by atoms with Crippen LogP contribution >= 0.6 is 0 Å². The second-order valence-corrected chi connectivity index (χ2v) is 4.15. The van der Waals surface area contributed by atoms with Crippen molar-refractivity contribution in [2.45, 2.75) is 32.4 Å². The molecule has 3 heteroatoms. The number of rotatable bonds is 2. The van der Waals surface area contributed by atoms with Gasteiger partial charge in [-0.05, 0) is 33.9 Å². The average molecular weight is 194 g/mol. The fourth-order valence-corrected chi connectivity index (χ4v) is 1.87. The molecule has 1 heterocycles. The van der Waals surface area contributed by atoms with Gasteiger partial charge >= 0.3 is 0 Å². The van der Waals surface area contributed by atoms with E-state index >= 15 is 0 Å². The summed E-state index contributed by atoms with van der Waals surface area (Å²) in [5, 5.41) is 2.90. The maximum atomic E-state index is 11.8. The zero-order valence-electron chi connectivity index (χ0n) is 9.08. The fraction of sp³-hybridized carbons (Fsp3) is 0.727. The normalized spacial score (nSPS) is 27.6. The van der Waals surface area contributed by atoms with Crippen LogP contribution in [-0.4, -0.2) is 36.5 Å². The Labute approximate surface area is 85.9 Å². The smallest absolute Gasteiger partial charge is 0.238 e. The summed E-state index contributed by atoms with van der Waals surface area (Å²) in [5.74, 6) is 2.82. The first-order valence-electron chi connectivity index (χ1n) is 5.03. The van der Waals surface area contributed by atoms with E-state index < -0.39 is 0 Å². The minimum Gasteiger partial charge on any atom is -0.353 e. The number of likely N-dealkylation sites (tertiary alicyclic amines) is 1. The molecule has 78 valence electrons. The Morgan fingerprint density at radius 1 is 1.64 bits per heavy atom. The quantitative estimate of drug-likeness (QED) is 0.648. The topological polar surface area (TPSA) is 32.3 Å². The number of nitrogens with one attached hydrogen (secondary N) is 1. The first-order valence-corrected chi connectivity index (χ1v) is 5.03. The Kier molecular flexibility index (Phi) is 3.54. The lowest BCUT2D eigenvalue weighted by atomic mass is 10.0. The van der Waals surface area contributed by atoms with Crippen molar-refractivity contribution >= 4 is 5.91 Å². The summed E-state index contributed by atoms with van der Waals surface area (Å²) in [6.45, 7) is 4.82. The Hall–Kier alpha value is -1.01. The molecule has 0 radical (unpaired) electrons. The molecule has 1 saturated heterocycles. The highest BCUT2D eigenvalue weighted by atomic mass is 16.2. The second kappa shape index (κ2) is 4.47. The SMILES string of the molecule is C#C[C@H]1CCN(C)[C@@H]1C(=O)NC(C)C. The van der Waals surface area contributed by atoms with Crippen LogP contribution in [0.15, 0.2) is 0 Å². The lowest BCUT2D eigenvalue weighted by Crippen LogP contribution is -2.46. The third-order valence-corrected chi connectivity index (χ3v) is 2.56. The van der Waals surface area contributed by atoms with Gasteiger partial charge in [-0.25, -0.2) is 0 Å². The second-order valence-electron chi connectivity index (χ2n) is 4.15. The van der Waals surface area contributed by atoms with Crippen LogP contribution in [0.3, 0.4) is 0 Å². The molecule has 14 heavy (non-hydrogen) atoms. The number of hydrogen-bond acceptors (Lipinski definition) is 2. The zero-order valence-corrected chi connectivity index (χ0v) is 9.08. The van der Waals surface area contributed by atoms with Crippen LogP contribution in [0.5, 0.6) is 0 Å². The number of nitrogens with zero attached hydrogens (tertiary/aromatic N) is 1. The molecule has 0 bridgehead atoms. The van der Waals surface area contributed by atoms with Crippen LogP contribution in [-0.2, 0) is 4.79 Å². The van der Waals surface area contributed by atoms with Crippen LogP contribution < -0.4 is 5.32 Å². The van der Waals surface area contributed by atoms with E-state index in [0.29, 0.717) is 0 Å². The summed E-state index contributed by atoms with van der Waals surface area (Å²) in [6.07, 6.45) is 6.32. The molecule has 0 unspecified atom stereocenters. The number of likely N-dealkylation sites (N-methyl/N-ethyl adjacent to an activating group) is 1. The molecular weight excluding hydrogens is 176 g/mol. The van der Waals surface area contributed by atoms with Crippen molar-refractivity contribution in [2.24, 2.45) is 5.92 Å². The number of carbonyl (C=O) groups excluding carboxylic acids is 1. The summed E-state index contributed by atoms with van der Waals surface area (Å²) in [5.41, 5.74) is 0. The Balaban J connectivity index is 2.65.